The van der Waals surface area contributed by atoms with Crippen LogP contribution in [0.3, 0.4) is 0 Å². The van der Waals surface area contributed by atoms with Gasteiger partial charge in [0.1, 0.15) is 18.1 Å². The molecule has 0 aromatic rings. The van der Waals surface area contributed by atoms with Crippen LogP contribution < -0.4 is 21.7 Å². The van der Waals surface area contributed by atoms with Crippen molar-refractivity contribution in [1.29, 1.82) is 0 Å². The van der Waals surface area contributed by atoms with Gasteiger partial charge in [0.05, 0.1) is 18.6 Å². The van der Waals surface area contributed by atoms with E-state index in [-0.39, 0.29) is 12.3 Å². The van der Waals surface area contributed by atoms with Crippen molar-refractivity contribution in [2.45, 2.75) is 70.3 Å². The quantitative estimate of drug-likeness (QED) is 0.145. The average Bonchev–Trinajstić information content (AvgIpc) is 2.70. The number of thioether (sulfide) groups is 1. The molecule has 184 valence electrons. The Morgan fingerprint density at radius 2 is 1.50 bits per heavy atom. The normalized spacial score (nSPS) is 16.6. The highest BCUT2D eigenvalue weighted by Crippen LogP contribution is 2.10. The van der Waals surface area contributed by atoms with E-state index in [1.165, 1.54) is 18.7 Å². The Balaban J connectivity index is 5.44. The molecule has 0 rings (SSSR count). The van der Waals surface area contributed by atoms with Crippen LogP contribution in [0.25, 0.3) is 0 Å². The molecule has 6 unspecified atom stereocenters. The fourth-order valence-electron chi connectivity index (χ4n) is 2.65. The third-order valence-electron chi connectivity index (χ3n) is 4.81. The number of hydrogen-bond donors (Lipinski definition) is 7. The second kappa shape index (κ2) is 14.6. The van der Waals surface area contributed by atoms with Crippen LogP contribution in [-0.4, -0.2) is 87.3 Å². The van der Waals surface area contributed by atoms with E-state index in [0.29, 0.717) is 12.2 Å². The lowest BCUT2D eigenvalue weighted by Crippen LogP contribution is -2.60. The molecule has 3 amide bonds. The highest BCUT2D eigenvalue weighted by atomic mass is 32.2. The van der Waals surface area contributed by atoms with Crippen molar-refractivity contribution in [3.05, 3.63) is 0 Å². The van der Waals surface area contributed by atoms with Gasteiger partial charge in [-0.1, -0.05) is 20.3 Å². The summed E-state index contributed by atoms with van der Waals surface area (Å²) in [5.41, 5.74) is 5.48. The number of hydrogen-bond acceptors (Lipinski definition) is 8. The number of carbonyl (C=O) groups is 5. The minimum Gasteiger partial charge on any atom is -0.481 e. The molecule has 6 atom stereocenters. The zero-order valence-electron chi connectivity index (χ0n) is 18.7. The molecule has 32 heavy (non-hydrogen) atoms. The lowest BCUT2D eigenvalue weighted by Gasteiger charge is -2.27. The monoisotopic (exact) mass is 478 g/mol. The molecule has 0 heterocycles. The third-order valence-corrected chi connectivity index (χ3v) is 5.46. The van der Waals surface area contributed by atoms with Crippen LogP contribution in [0.1, 0.15) is 40.0 Å². The topological polar surface area (TPSA) is 208 Å². The Kier molecular flexibility index (Phi) is 13.5. The van der Waals surface area contributed by atoms with Crippen LogP contribution in [0.5, 0.6) is 0 Å². The molecule has 0 aliphatic carbocycles. The van der Waals surface area contributed by atoms with Crippen LogP contribution >= 0.6 is 11.8 Å². The summed E-state index contributed by atoms with van der Waals surface area (Å²) in [7, 11) is 0. The van der Waals surface area contributed by atoms with Gasteiger partial charge in [0.25, 0.3) is 0 Å². The smallest absolute Gasteiger partial charge is 0.326 e. The standard InChI is InChI=1S/C19H34N4O8S/c1-5-9(2)14(19(30)31)22-17(28)12(6-7-32-4)21-18(29)15(10(3)24)23-16(27)11(20)8-13(25)26/h9-12,14-15,24H,5-8,20H2,1-4H3,(H,21,29)(H,22,28)(H,23,27)(H,25,26)(H,30,31). The van der Waals surface area contributed by atoms with E-state index in [4.69, 9.17) is 10.8 Å². The molecule has 0 aliphatic rings. The molecule has 0 spiro atoms. The molecule has 8 N–H and O–H groups in total. The average molecular weight is 479 g/mol. The minimum atomic E-state index is -1.50. The first-order valence-corrected chi connectivity index (χ1v) is 11.5. The second-order valence-corrected chi connectivity index (χ2v) is 8.47. The van der Waals surface area contributed by atoms with Crippen LogP contribution in [0.15, 0.2) is 0 Å². The predicted molar refractivity (Wildman–Crippen MR) is 118 cm³/mol. The Labute approximate surface area is 191 Å². The van der Waals surface area contributed by atoms with Crippen molar-refractivity contribution in [2.24, 2.45) is 11.7 Å². The lowest BCUT2D eigenvalue weighted by atomic mass is 9.98. The maximum Gasteiger partial charge on any atom is 0.326 e. The number of rotatable bonds is 15. The van der Waals surface area contributed by atoms with Gasteiger partial charge < -0.3 is 37.0 Å². The number of nitrogens with one attached hydrogen (secondary N) is 3. The molecular weight excluding hydrogens is 444 g/mol. The first-order valence-electron chi connectivity index (χ1n) is 10.1. The molecule has 0 aromatic carbocycles. The minimum absolute atomic E-state index is 0.171. The third kappa shape index (κ3) is 10.3. The molecular formula is C19H34N4O8S. The SMILES string of the molecule is CCC(C)C(NC(=O)C(CCSC)NC(=O)C(NC(=O)C(N)CC(=O)O)C(C)O)C(=O)O. The summed E-state index contributed by atoms with van der Waals surface area (Å²) in [6, 6.07) is -5.21. The molecule has 0 saturated heterocycles. The molecule has 13 heteroatoms. The van der Waals surface area contributed by atoms with Crippen molar-refractivity contribution in [3.8, 4) is 0 Å². The van der Waals surface area contributed by atoms with Gasteiger partial charge in [-0.3, -0.25) is 19.2 Å². The highest BCUT2D eigenvalue weighted by Gasteiger charge is 2.33. The number of nitrogens with two attached hydrogens (primary N) is 1. The van der Waals surface area contributed by atoms with Crippen molar-refractivity contribution in [2.75, 3.05) is 12.0 Å². The summed E-state index contributed by atoms with van der Waals surface area (Å²) >= 11 is 1.41. The zero-order valence-corrected chi connectivity index (χ0v) is 19.5. The number of amides is 3. The van der Waals surface area contributed by atoms with Gasteiger partial charge in [0.2, 0.25) is 17.7 Å². The maximum absolute atomic E-state index is 12.7. The lowest BCUT2D eigenvalue weighted by molar-refractivity contribution is -0.144. The van der Waals surface area contributed by atoms with Crippen LogP contribution in [0, 0.1) is 5.92 Å². The van der Waals surface area contributed by atoms with E-state index in [0.717, 1.165) is 0 Å². The van der Waals surface area contributed by atoms with Crippen molar-refractivity contribution in [3.63, 3.8) is 0 Å². The van der Waals surface area contributed by atoms with E-state index < -0.39 is 66.4 Å². The number of aliphatic hydroxyl groups excluding tert-OH is 1. The zero-order chi connectivity index (χ0) is 25.0. The van der Waals surface area contributed by atoms with Crippen molar-refractivity contribution >= 4 is 41.4 Å². The number of carboxylic acid groups (broad SMARTS) is 2. The fraction of sp³-hybridized carbons (Fsp3) is 0.737. The number of aliphatic hydroxyl groups is 1. The number of aliphatic carboxylic acids is 2. The summed E-state index contributed by atoms with van der Waals surface area (Å²) in [5, 5.41) is 35.1. The summed E-state index contributed by atoms with van der Waals surface area (Å²) in [4.78, 5) is 59.7. The van der Waals surface area contributed by atoms with Crippen LogP contribution in [0.2, 0.25) is 0 Å². The summed E-state index contributed by atoms with van der Waals surface area (Å²) in [6.07, 6.45) is 0.409. The Morgan fingerprint density at radius 1 is 0.938 bits per heavy atom. The van der Waals surface area contributed by atoms with Gasteiger partial charge in [-0.25, -0.2) is 4.79 Å². The first kappa shape index (κ1) is 29.6. The Bertz CT molecular complexity index is 676. The fourth-order valence-corrected chi connectivity index (χ4v) is 3.12. The second-order valence-electron chi connectivity index (χ2n) is 7.48. The van der Waals surface area contributed by atoms with Crippen LogP contribution in [0.4, 0.5) is 0 Å². The van der Waals surface area contributed by atoms with E-state index >= 15 is 0 Å². The van der Waals surface area contributed by atoms with Gasteiger partial charge >= 0.3 is 11.9 Å². The van der Waals surface area contributed by atoms with Gasteiger partial charge in [-0.05, 0) is 31.3 Å². The number of carboxylic acids is 2. The molecule has 0 bridgehead atoms. The molecule has 0 fully saturated rings. The largest absolute Gasteiger partial charge is 0.481 e. The molecule has 12 nitrogen and oxygen atoms in total. The molecule has 0 aliphatic heterocycles. The highest BCUT2D eigenvalue weighted by molar-refractivity contribution is 7.98. The maximum atomic E-state index is 12.7. The van der Waals surface area contributed by atoms with E-state index in [1.807, 2.05) is 0 Å². The van der Waals surface area contributed by atoms with Gasteiger partial charge in [-0.2, -0.15) is 11.8 Å². The molecule has 0 saturated carbocycles. The summed E-state index contributed by atoms with van der Waals surface area (Å²) in [6.45, 7) is 4.69. The van der Waals surface area contributed by atoms with Gasteiger partial charge in [-0.15, -0.1) is 0 Å². The first-order chi connectivity index (χ1) is 14.8. The van der Waals surface area contributed by atoms with Crippen LogP contribution in [-0.2, 0) is 24.0 Å². The Morgan fingerprint density at radius 3 is 1.94 bits per heavy atom. The molecule has 0 aromatic heterocycles. The van der Waals surface area contributed by atoms with Gasteiger partial charge in [0, 0.05) is 0 Å². The number of carbonyl (C=O) groups excluding carboxylic acids is 3. The molecule has 0 radical (unpaired) electrons. The summed E-state index contributed by atoms with van der Waals surface area (Å²) < 4.78 is 0. The van der Waals surface area contributed by atoms with E-state index in [2.05, 4.69) is 16.0 Å². The Hall–Kier alpha value is -2.38. The van der Waals surface area contributed by atoms with Crippen molar-refractivity contribution < 1.29 is 39.3 Å². The van der Waals surface area contributed by atoms with E-state index in [1.54, 1.807) is 20.1 Å². The predicted octanol–water partition coefficient (Wildman–Crippen LogP) is -1.49. The summed E-state index contributed by atoms with van der Waals surface area (Å²) in [5.74, 6) is -4.96. The van der Waals surface area contributed by atoms with Gasteiger partial charge in [0.15, 0.2) is 0 Å². The van der Waals surface area contributed by atoms with E-state index in [9.17, 15) is 34.2 Å². The van der Waals surface area contributed by atoms with Crippen molar-refractivity contribution in [1.82, 2.24) is 16.0 Å².